The van der Waals surface area contributed by atoms with Crippen LogP contribution in [0.5, 0.6) is 0 Å². The van der Waals surface area contributed by atoms with Crippen LogP contribution >= 0.6 is 0 Å². The third-order valence-corrected chi connectivity index (χ3v) is 9.01. The van der Waals surface area contributed by atoms with E-state index in [0.29, 0.717) is 38.8 Å². The summed E-state index contributed by atoms with van der Waals surface area (Å²) in [5, 5.41) is 12.4. The van der Waals surface area contributed by atoms with E-state index in [-0.39, 0.29) is 42.4 Å². The first-order chi connectivity index (χ1) is 22.1. The van der Waals surface area contributed by atoms with E-state index in [2.05, 4.69) is 25.0 Å². The van der Waals surface area contributed by atoms with Crippen molar-refractivity contribution in [1.29, 1.82) is 0 Å². The molecule has 0 bridgehead atoms. The predicted octanol–water partition coefficient (Wildman–Crippen LogP) is 6.72. The molecule has 0 spiro atoms. The van der Waals surface area contributed by atoms with Crippen molar-refractivity contribution in [1.82, 2.24) is 20.2 Å². The first-order valence-corrected chi connectivity index (χ1v) is 15.4. The van der Waals surface area contributed by atoms with E-state index in [1.54, 1.807) is 4.90 Å². The third kappa shape index (κ3) is 7.87. The molecule has 15 heteroatoms. The number of hydrogen-bond acceptors (Lipinski definition) is 8. The predicted molar refractivity (Wildman–Crippen MR) is 159 cm³/mol. The van der Waals surface area contributed by atoms with Crippen molar-refractivity contribution in [3.05, 3.63) is 63.7 Å². The van der Waals surface area contributed by atoms with Crippen molar-refractivity contribution in [3.63, 3.8) is 0 Å². The average molecular weight is 667 g/mol. The SMILES string of the molecule is Cc1cc(C)c2c(c1)[C@@H](N(Cc1cc(C(F)(F)F)cc(C(F)(F)F)c1)c1nnn(C)n1)CCCN2CC1CCC(C(=O)OC=O)CC1. The van der Waals surface area contributed by atoms with Gasteiger partial charge in [-0.1, -0.05) is 22.8 Å². The fraction of sp³-hybridized carbons (Fsp3) is 0.531. The van der Waals surface area contributed by atoms with Gasteiger partial charge in [0.1, 0.15) is 0 Å². The Hall–Kier alpha value is -4.17. The molecule has 47 heavy (non-hydrogen) atoms. The quantitative estimate of drug-likeness (QED) is 0.113. The van der Waals surface area contributed by atoms with E-state index in [1.807, 2.05) is 26.0 Å². The zero-order chi connectivity index (χ0) is 34.1. The molecule has 2 heterocycles. The number of nitrogens with zero attached hydrogens (tertiary/aromatic N) is 6. The van der Waals surface area contributed by atoms with Crippen molar-refractivity contribution >= 4 is 24.1 Å². The summed E-state index contributed by atoms with van der Waals surface area (Å²) >= 11 is 0. The molecule has 1 aliphatic heterocycles. The van der Waals surface area contributed by atoms with Crippen LogP contribution in [0.25, 0.3) is 0 Å². The number of anilines is 2. The number of alkyl halides is 6. The molecular weight excluding hydrogens is 630 g/mol. The molecule has 0 saturated heterocycles. The summed E-state index contributed by atoms with van der Waals surface area (Å²) in [6.07, 6.45) is -6.01. The van der Waals surface area contributed by atoms with Crippen LogP contribution < -0.4 is 9.80 Å². The number of benzene rings is 2. The number of ether oxygens (including phenoxy) is 1. The summed E-state index contributed by atoms with van der Waals surface area (Å²) in [5.41, 5.74) is 0.809. The second-order valence-corrected chi connectivity index (χ2v) is 12.5. The third-order valence-electron chi connectivity index (χ3n) is 9.01. The van der Waals surface area contributed by atoms with Crippen LogP contribution in [0.3, 0.4) is 0 Å². The Balaban J connectivity index is 1.51. The number of carbonyl (C=O) groups is 2. The Labute approximate surface area is 267 Å². The lowest BCUT2D eigenvalue weighted by atomic mass is 9.81. The highest BCUT2D eigenvalue weighted by atomic mass is 19.4. The fourth-order valence-electron chi connectivity index (χ4n) is 6.98. The van der Waals surface area contributed by atoms with Gasteiger partial charge < -0.3 is 14.5 Å². The number of esters is 1. The van der Waals surface area contributed by atoms with Crippen molar-refractivity contribution < 1.29 is 40.7 Å². The van der Waals surface area contributed by atoms with E-state index in [0.717, 1.165) is 47.4 Å². The number of carbonyl (C=O) groups excluding carboxylic acids is 2. The highest BCUT2D eigenvalue weighted by Gasteiger charge is 2.38. The molecule has 0 amide bonds. The topological polar surface area (TPSA) is 93.5 Å². The lowest BCUT2D eigenvalue weighted by Crippen LogP contribution is -2.34. The first kappa shape index (κ1) is 34.2. The standard InChI is InChI=1S/C32H36F6N6O3/c1-19-11-20(2)28-26(12-19)27(5-4-10-43(28)16-21-6-8-23(9-7-21)29(46)47-18-45)44(30-39-41-42(3)40-30)17-22-13-24(31(33,34)35)15-25(14-22)32(36,37)38/h11-15,18,21,23,27H,4-10,16-17H2,1-3H3/t21?,23?,27-/m0/s1. The molecule has 3 aromatic rings. The zero-order valence-electron chi connectivity index (χ0n) is 26.2. The van der Waals surface area contributed by atoms with Gasteiger partial charge in [-0.05, 0) is 98.4 Å². The summed E-state index contributed by atoms with van der Waals surface area (Å²) in [6.45, 7) is 5.13. The average Bonchev–Trinajstić information content (AvgIpc) is 3.34. The molecule has 5 rings (SSSR count). The summed E-state index contributed by atoms with van der Waals surface area (Å²) in [7, 11) is 1.53. The summed E-state index contributed by atoms with van der Waals surface area (Å²) in [4.78, 5) is 27.8. The van der Waals surface area contributed by atoms with Gasteiger partial charge in [-0.2, -0.15) is 31.1 Å². The van der Waals surface area contributed by atoms with Crippen LogP contribution in [-0.2, 0) is 40.3 Å². The molecular formula is C32H36F6N6O3. The first-order valence-electron chi connectivity index (χ1n) is 15.4. The largest absolute Gasteiger partial charge is 0.416 e. The van der Waals surface area contributed by atoms with Crippen LogP contribution in [0.4, 0.5) is 38.0 Å². The Morgan fingerprint density at radius 2 is 1.64 bits per heavy atom. The maximum Gasteiger partial charge on any atom is 0.416 e. The Kier molecular flexibility index (Phi) is 9.83. The summed E-state index contributed by atoms with van der Waals surface area (Å²) < 4.78 is 87.1. The zero-order valence-corrected chi connectivity index (χ0v) is 26.2. The highest BCUT2D eigenvalue weighted by Crippen LogP contribution is 2.43. The molecule has 1 fully saturated rings. The van der Waals surface area contributed by atoms with Gasteiger partial charge in [0.25, 0.3) is 5.95 Å². The molecule has 0 radical (unpaired) electrons. The monoisotopic (exact) mass is 666 g/mol. The van der Waals surface area contributed by atoms with Gasteiger partial charge in [0.2, 0.25) is 0 Å². The number of rotatable bonds is 8. The molecule has 254 valence electrons. The van der Waals surface area contributed by atoms with E-state index >= 15 is 0 Å². The molecule has 0 N–H and O–H groups in total. The van der Waals surface area contributed by atoms with Gasteiger partial charge in [0, 0.05) is 25.3 Å². The molecule has 1 aromatic heterocycles. The summed E-state index contributed by atoms with van der Waals surface area (Å²) in [6, 6.07) is 5.17. The Bertz CT molecular complexity index is 1570. The number of hydrogen-bond donors (Lipinski definition) is 0. The fourth-order valence-corrected chi connectivity index (χ4v) is 6.98. The number of aromatic nitrogens is 4. The number of tetrazole rings is 1. The van der Waals surface area contributed by atoms with Crippen LogP contribution in [0, 0.1) is 25.7 Å². The maximum atomic E-state index is 13.8. The molecule has 1 aliphatic carbocycles. The molecule has 1 atom stereocenters. The minimum atomic E-state index is -4.98. The van der Waals surface area contributed by atoms with Gasteiger partial charge in [-0.3, -0.25) is 9.59 Å². The minimum Gasteiger partial charge on any atom is -0.395 e. The summed E-state index contributed by atoms with van der Waals surface area (Å²) in [5.74, 6) is -0.469. The van der Waals surface area contributed by atoms with Crippen molar-refractivity contribution in [2.75, 3.05) is 22.9 Å². The van der Waals surface area contributed by atoms with Crippen LogP contribution in [0.15, 0.2) is 30.3 Å². The van der Waals surface area contributed by atoms with Gasteiger partial charge in [0.05, 0.1) is 30.1 Å². The molecule has 2 aliphatic rings. The lowest BCUT2D eigenvalue weighted by Gasteiger charge is -2.36. The maximum absolute atomic E-state index is 13.8. The lowest BCUT2D eigenvalue weighted by molar-refractivity contribution is -0.156. The number of aryl methyl sites for hydroxylation is 3. The Morgan fingerprint density at radius 3 is 2.21 bits per heavy atom. The normalized spacial score (nSPS) is 20.4. The molecule has 0 unspecified atom stereocenters. The van der Waals surface area contributed by atoms with Gasteiger partial charge in [-0.25, -0.2) is 0 Å². The number of fused-ring (bicyclic) bond motifs is 1. The van der Waals surface area contributed by atoms with E-state index in [1.165, 1.54) is 11.8 Å². The van der Waals surface area contributed by atoms with Crippen molar-refractivity contribution in [3.8, 4) is 0 Å². The van der Waals surface area contributed by atoms with Gasteiger partial charge >= 0.3 is 24.8 Å². The van der Waals surface area contributed by atoms with Crippen LogP contribution in [0.1, 0.15) is 77.9 Å². The molecule has 2 aromatic carbocycles. The van der Waals surface area contributed by atoms with Gasteiger partial charge in [0.15, 0.2) is 0 Å². The minimum absolute atomic E-state index is 0.0857. The smallest absolute Gasteiger partial charge is 0.395 e. The molecule has 9 nitrogen and oxygen atoms in total. The van der Waals surface area contributed by atoms with E-state index in [4.69, 9.17) is 0 Å². The van der Waals surface area contributed by atoms with E-state index < -0.39 is 35.5 Å². The second-order valence-electron chi connectivity index (χ2n) is 12.5. The van der Waals surface area contributed by atoms with E-state index in [9.17, 15) is 35.9 Å². The van der Waals surface area contributed by atoms with Gasteiger partial charge in [-0.15, -0.1) is 5.10 Å². The van der Waals surface area contributed by atoms with Crippen LogP contribution in [0.2, 0.25) is 0 Å². The Morgan fingerprint density at radius 1 is 0.979 bits per heavy atom. The number of halogens is 6. The van der Waals surface area contributed by atoms with Crippen molar-refractivity contribution in [2.24, 2.45) is 18.9 Å². The molecule has 1 saturated carbocycles. The van der Waals surface area contributed by atoms with Crippen molar-refractivity contribution in [2.45, 2.75) is 77.3 Å². The highest BCUT2D eigenvalue weighted by molar-refractivity contribution is 5.78. The van der Waals surface area contributed by atoms with Crippen LogP contribution in [-0.4, -0.2) is 45.7 Å². The second kappa shape index (κ2) is 13.5.